The number of methoxy groups -OCH3 is 1. The molecule has 20 heavy (non-hydrogen) atoms. The highest BCUT2D eigenvalue weighted by Gasteiger charge is 2.40. The zero-order valence-electron chi connectivity index (χ0n) is 11.7. The molecule has 5 heteroatoms. The molecule has 1 aromatic carbocycles. The lowest BCUT2D eigenvalue weighted by Crippen LogP contribution is -2.39. The van der Waals surface area contributed by atoms with Crippen molar-refractivity contribution < 1.29 is 19.3 Å². The van der Waals surface area contributed by atoms with Gasteiger partial charge in [0.25, 0.3) is 0 Å². The third kappa shape index (κ3) is 2.69. The Morgan fingerprint density at radius 1 is 1.25 bits per heavy atom. The molecule has 0 atom stereocenters. The van der Waals surface area contributed by atoms with Gasteiger partial charge in [0.1, 0.15) is 0 Å². The summed E-state index contributed by atoms with van der Waals surface area (Å²) >= 11 is 0. The van der Waals surface area contributed by atoms with Gasteiger partial charge in [0.2, 0.25) is 0 Å². The molecule has 1 aliphatic heterocycles. The van der Waals surface area contributed by atoms with Gasteiger partial charge in [-0.2, -0.15) is 0 Å². The smallest absolute Gasteiger partial charge is 0.168 e. The molecule has 1 saturated heterocycles. The van der Waals surface area contributed by atoms with E-state index in [-0.39, 0.29) is 11.5 Å². The van der Waals surface area contributed by atoms with Crippen LogP contribution in [-0.4, -0.2) is 37.3 Å². The van der Waals surface area contributed by atoms with Crippen LogP contribution in [0.2, 0.25) is 0 Å². The monoisotopic (exact) mass is 279 g/mol. The third-order valence-electron chi connectivity index (χ3n) is 4.11. The third-order valence-corrected chi connectivity index (χ3v) is 4.11. The van der Waals surface area contributed by atoms with Crippen molar-refractivity contribution >= 4 is 5.69 Å². The number of phenolic OH excluding ortho intramolecular Hbond substituents is 1. The fraction of sp³-hybridized carbons (Fsp3) is 0.600. The lowest BCUT2D eigenvalue weighted by atomic mass is 9.90. The summed E-state index contributed by atoms with van der Waals surface area (Å²) in [7, 11) is 1.55. The lowest BCUT2D eigenvalue weighted by Gasteiger charge is -2.36. The van der Waals surface area contributed by atoms with Gasteiger partial charge in [-0.15, -0.1) is 0 Å². The summed E-state index contributed by atoms with van der Waals surface area (Å²) in [5, 5.41) is 13.2. The first-order chi connectivity index (χ1) is 9.71. The van der Waals surface area contributed by atoms with Gasteiger partial charge < -0.3 is 24.6 Å². The maximum Gasteiger partial charge on any atom is 0.168 e. The van der Waals surface area contributed by atoms with Crippen LogP contribution in [0, 0.1) is 0 Å². The molecule has 2 fully saturated rings. The van der Waals surface area contributed by atoms with E-state index >= 15 is 0 Å². The standard InChI is InChI=1S/C15H21NO4/c1-18-14-3-2-12(10-13(14)17)16-11-4-6-15(7-5-11)19-8-9-20-15/h2-3,10-11,16-17H,4-9H2,1H3. The summed E-state index contributed by atoms with van der Waals surface area (Å²) in [6, 6.07) is 5.78. The van der Waals surface area contributed by atoms with E-state index in [2.05, 4.69) is 5.32 Å². The zero-order valence-corrected chi connectivity index (χ0v) is 11.7. The average molecular weight is 279 g/mol. The highest BCUT2D eigenvalue weighted by atomic mass is 16.7. The van der Waals surface area contributed by atoms with Crippen LogP contribution < -0.4 is 10.1 Å². The van der Waals surface area contributed by atoms with Crippen LogP contribution in [0.15, 0.2) is 18.2 Å². The molecule has 5 nitrogen and oxygen atoms in total. The summed E-state index contributed by atoms with van der Waals surface area (Å²) in [6.07, 6.45) is 3.86. The molecule has 1 heterocycles. The minimum Gasteiger partial charge on any atom is -0.504 e. The van der Waals surface area contributed by atoms with E-state index in [9.17, 15) is 5.11 Å². The van der Waals surface area contributed by atoms with Gasteiger partial charge in [0.05, 0.1) is 20.3 Å². The van der Waals surface area contributed by atoms with Crippen molar-refractivity contribution in [1.29, 1.82) is 0 Å². The zero-order chi connectivity index (χ0) is 14.0. The van der Waals surface area contributed by atoms with Crippen molar-refractivity contribution in [1.82, 2.24) is 0 Å². The number of benzene rings is 1. The van der Waals surface area contributed by atoms with Crippen LogP contribution in [0.25, 0.3) is 0 Å². The SMILES string of the molecule is COc1ccc(NC2CCC3(CC2)OCCO3)cc1O. The molecular weight excluding hydrogens is 258 g/mol. The van der Waals surface area contributed by atoms with Crippen LogP contribution >= 0.6 is 0 Å². The highest BCUT2D eigenvalue weighted by Crippen LogP contribution is 2.37. The molecule has 110 valence electrons. The van der Waals surface area contributed by atoms with Crippen molar-refractivity contribution in [3.05, 3.63) is 18.2 Å². The molecule has 1 aromatic rings. The quantitative estimate of drug-likeness (QED) is 0.890. The van der Waals surface area contributed by atoms with E-state index in [0.717, 1.165) is 31.4 Å². The highest BCUT2D eigenvalue weighted by molar-refractivity contribution is 5.54. The van der Waals surface area contributed by atoms with Gasteiger partial charge in [-0.25, -0.2) is 0 Å². The Balaban J connectivity index is 1.58. The number of hydrogen-bond acceptors (Lipinski definition) is 5. The summed E-state index contributed by atoms with van der Waals surface area (Å²) < 4.78 is 16.5. The van der Waals surface area contributed by atoms with Gasteiger partial charge in [-0.1, -0.05) is 0 Å². The molecule has 1 spiro atoms. The number of aromatic hydroxyl groups is 1. The van der Waals surface area contributed by atoms with Crippen LogP contribution in [0.5, 0.6) is 11.5 Å². The fourth-order valence-corrected chi connectivity index (χ4v) is 3.00. The maximum absolute atomic E-state index is 9.78. The number of ether oxygens (including phenoxy) is 3. The molecule has 0 bridgehead atoms. The van der Waals surface area contributed by atoms with E-state index in [4.69, 9.17) is 14.2 Å². The van der Waals surface area contributed by atoms with Crippen LogP contribution in [0.1, 0.15) is 25.7 Å². The lowest BCUT2D eigenvalue weighted by molar-refractivity contribution is -0.177. The molecule has 0 unspecified atom stereocenters. The molecule has 2 N–H and O–H groups in total. The van der Waals surface area contributed by atoms with Gasteiger partial charge >= 0.3 is 0 Å². The van der Waals surface area contributed by atoms with E-state index < -0.39 is 0 Å². The second-order valence-electron chi connectivity index (χ2n) is 5.41. The molecule has 0 aromatic heterocycles. The van der Waals surface area contributed by atoms with Crippen molar-refractivity contribution in [2.24, 2.45) is 0 Å². The molecule has 3 rings (SSSR count). The maximum atomic E-state index is 9.78. The number of nitrogens with one attached hydrogen (secondary N) is 1. The molecular formula is C15H21NO4. The first kappa shape index (κ1) is 13.5. The topological polar surface area (TPSA) is 60.0 Å². The van der Waals surface area contributed by atoms with Gasteiger partial charge in [-0.05, 0) is 25.0 Å². The van der Waals surface area contributed by atoms with Crippen LogP contribution in [0.4, 0.5) is 5.69 Å². The number of hydrogen-bond donors (Lipinski definition) is 2. The average Bonchev–Trinajstić information content (AvgIpc) is 2.90. The van der Waals surface area contributed by atoms with Crippen molar-refractivity contribution in [2.75, 3.05) is 25.6 Å². The molecule has 0 radical (unpaired) electrons. The number of phenols is 1. The van der Waals surface area contributed by atoms with E-state index in [0.29, 0.717) is 25.0 Å². The van der Waals surface area contributed by atoms with Crippen molar-refractivity contribution in [3.63, 3.8) is 0 Å². The molecule has 0 amide bonds. The minimum absolute atomic E-state index is 0.159. The van der Waals surface area contributed by atoms with Crippen molar-refractivity contribution in [3.8, 4) is 11.5 Å². The normalized spacial score (nSPS) is 22.1. The van der Waals surface area contributed by atoms with Gasteiger partial charge in [0.15, 0.2) is 17.3 Å². The summed E-state index contributed by atoms with van der Waals surface area (Å²) in [4.78, 5) is 0. The summed E-state index contributed by atoms with van der Waals surface area (Å²) in [6.45, 7) is 1.43. The Kier molecular flexibility index (Phi) is 3.72. The first-order valence-corrected chi connectivity index (χ1v) is 7.12. The predicted octanol–water partition coefficient (Wildman–Crippen LogP) is 2.50. The Hall–Kier alpha value is -1.46. The molecule has 1 saturated carbocycles. The Bertz CT molecular complexity index is 461. The van der Waals surface area contributed by atoms with Crippen LogP contribution in [0.3, 0.4) is 0 Å². The minimum atomic E-state index is -0.319. The largest absolute Gasteiger partial charge is 0.504 e. The van der Waals surface area contributed by atoms with E-state index in [1.807, 2.05) is 6.07 Å². The summed E-state index contributed by atoms with van der Waals surface area (Å²) in [5.74, 6) is 0.332. The number of rotatable bonds is 3. The molecule has 2 aliphatic rings. The van der Waals surface area contributed by atoms with Gasteiger partial charge in [-0.3, -0.25) is 0 Å². The predicted molar refractivity (Wildman–Crippen MR) is 75.2 cm³/mol. The Morgan fingerprint density at radius 2 is 1.95 bits per heavy atom. The van der Waals surface area contributed by atoms with Crippen molar-refractivity contribution in [2.45, 2.75) is 37.5 Å². The Morgan fingerprint density at radius 3 is 2.55 bits per heavy atom. The Labute approximate surface area is 118 Å². The second-order valence-corrected chi connectivity index (χ2v) is 5.41. The molecule has 1 aliphatic carbocycles. The van der Waals surface area contributed by atoms with Gasteiger partial charge in [0, 0.05) is 30.6 Å². The second kappa shape index (κ2) is 5.50. The summed E-state index contributed by atoms with van der Waals surface area (Å²) in [5.41, 5.74) is 0.914. The van der Waals surface area contributed by atoms with Crippen LogP contribution in [-0.2, 0) is 9.47 Å². The first-order valence-electron chi connectivity index (χ1n) is 7.12. The number of anilines is 1. The fourth-order valence-electron chi connectivity index (χ4n) is 3.00. The van der Waals surface area contributed by atoms with E-state index in [1.54, 1.807) is 19.2 Å². The van der Waals surface area contributed by atoms with E-state index in [1.165, 1.54) is 0 Å².